The third-order valence-electron chi connectivity index (χ3n) is 5.29. The molecular weight excluding hydrogens is 460 g/mol. The first-order chi connectivity index (χ1) is 16.9. The van der Waals surface area contributed by atoms with Crippen LogP contribution in [0.3, 0.4) is 0 Å². The van der Waals surface area contributed by atoms with E-state index in [1.165, 1.54) is 0 Å². The van der Waals surface area contributed by atoms with Crippen molar-refractivity contribution in [1.29, 1.82) is 0 Å². The van der Waals surface area contributed by atoms with Gasteiger partial charge in [0.25, 0.3) is 11.1 Å². The number of aromatic nitrogens is 2. The second-order valence-electron chi connectivity index (χ2n) is 8.24. The van der Waals surface area contributed by atoms with Crippen LogP contribution in [-0.4, -0.2) is 27.8 Å². The fourth-order valence-electron chi connectivity index (χ4n) is 3.69. The van der Waals surface area contributed by atoms with Gasteiger partial charge in [0.15, 0.2) is 0 Å². The van der Waals surface area contributed by atoms with Crippen LogP contribution < -0.4 is 10.6 Å². The van der Waals surface area contributed by atoms with Gasteiger partial charge in [-0.15, -0.1) is 10.2 Å². The van der Waals surface area contributed by atoms with E-state index in [2.05, 4.69) is 26.9 Å². The summed E-state index contributed by atoms with van der Waals surface area (Å²) in [5.41, 5.74) is 4.88. The topological polar surface area (TPSA) is 97.1 Å². The zero-order chi connectivity index (χ0) is 24.8. The molecule has 4 aromatic rings. The number of nitrogens with zero attached hydrogens (tertiary/aromatic N) is 2. The molecule has 0 radical (unpaired) electrons. The number of rotatable bonds is 8. The van der Waals surface area contributed by atoms with Crippen molar-refractivity contribution in [2.24, 2.45) is 0 Å². The van der Waals surface area contributed by atoms with Crippen molar-refractivity contribution in [1.82, 2.24) is 15.5 Å². The molecule has 2 N–H and O–H groups in total. The van der Waals surface area contributed by atoms with E-state index in [9.17, 15) is 9.59 Å². The van der Waals surface area contributed by atoms with Crippen molar-refractivity contribution in [3.63, 3.8) is 0 Å². The van der Waals surface area contributed by atoms with Crippen LogP contribution in [0, 0.1) is 13.8 Å². The third-order valence-corrected chi connectivity index (χ3v) is 6.11. The highest BCUT2D eigenvalue weighted by Gasteiger charge is 2.17. The summed E-state index contributed by atoms with van der Waals surface area (Å²) < 4.78 is 5.72. The van der Waals surface area contributed by atoms with Gasteiger partial charge in [-0.25, -0.2) is 0 Å². The van der Waals surface area contributed by atoms with Gasteiger partial charge in [0, 0.05) is 5.56 Å². The van der Waals surface area contributed by atoms with E-state index in [4.69, 9.17) is 4.42 Å². The number of thioether (sulfide) groups is 1. The molecule has 1 heterocycles. The molecule has 1 atom stereocenters. The highest BCUT2D eigenvalue weighted by molar-refractivity contribution is 7.99. The molecule has 4 rings (SSSR count). The Morgan fingerprint density at radius 2 is 1.63 bits per heavy atom. The monoisotopic (exact) mass is 486 g/mol. The van der Waals surface area contributed by atoms with Crippen LogP contribution in [0.2, 0.25) is 0 Å². The number of benzene rings is 3. The lowest BCUT2D eigenvalue weighted by molar-refractivity contribution is -0.113. The van der Waals surface area contributed by atoms with Crippen molar-refractivity contribution >= 4 is 29.3 Å². The first kappa shape index (κ1) is 24.2. The molecule has 35 heavy (non-hydrogen) atoms. The summed E-state index contributed by atoms with van der Waals surface area (Å²) in [4.78, 5) is 25.5. The number of carbonyl (C=O) groups is 2. The normalized spacial score (nSPS) is 11.6. The van der Waals surface area contributed by atoms with Crippen LogP contribution in [0.25, 0.3) is 11.5 Å². The number of para-hydroxylation sites is 1. The SMILES string of the molecule is Cc1cc(C)cc(-c2nnc(SCC(=O)Nc3ccccc3C(=O)N[C@@H](C)c3ccccc3)o2)c1. The number of carbonyl (C=O) groups excluding carboxylic acids is 2. The highest BCUT2D eigenvalue weighted by atomic mass is 32.2. The van der Waals surface area contributed by atoms with Crippen LogP contribution in [0.15, 0.2) is 82.4 Å². The Labute approximate surface area is 208 Å². The Kier molecular flexibility index (Phi) is 7.62. The summed E-state index contributed by atoms with van der Waals surface area (Å²) in [6.45, 7) is 5.93. The molecule has 8 heteroatoms. The predicted molar refractivity (Wildman–Crippen MR) is 137 cm³/mol. The Balaban J connectivity index is 1.37. The molecule has 0 unspecified atom stereocenters. The number of anilines is 1. The summed E-state index contributed by atoms with van der Waals surface area (Å²) in [7, 11) is 0. The third kappa shape index (κ3) is 6.36. The van der Waals surface area contributed by atoms with Crippen LogP contribution in [-0.2, 0) is 4.79 Å². The van der Waals surface area contributed by atoms with Gasteiger partial charge < -0.3 is 15.1 Å². The molecule has 0 saturated heterocycles. The van der Waals surface area contributed by atoms with E-state index in [-0.39, 0.29) is 23.6 Å². The van der Waals surface area contributed by atoms with Gasteiger partial charge in [0.05, 0.1) is 23.0 Å². The number of hydrogen-bond donors (Lipinski definition) is 2. The Bertz CT molecular complexity index is 1320. The highest BCUT2D eigenvalue weighted by Crippen LogP contribution is 2.25. The summed E-state index contributed by atoms with van der Waals surface area (Å²) in [5.74, 6) is -0.0723. The van der Waals surface area contributed by atoms with Gasteiger partial charge in [-0.1, -0.05) is 71.4 Å². The standard InChI is InChI=1S/C27H26N4O3S/c1-17-13-18(2)15-21(14-17)26-30-31-27(34-26)35-16-24(32)29-23-12-8-7-11-22(23)25(33)28-19(3)20-9-5-4-6-10-20/h4-15,19H,16H2,1-3H3,(H,28,33)(H,29,32)/t19-/m0/s1. The summed E-state index contributed by atoms with van der Waals surface area (Å²) in [6.07, 6.45) is 0. The van der Waals surface area contributed by atoms with Gasteiger partial charge in [0.1, 0.15) is 0 Å². The van der Waals surface area contributed by atoms with Gasteiger partial charge in [-0.3, -0.25) is 9.59 Å². The van der Waals surface area contributed by atoms with Crippen LogP contribution in [0.1, 0.15) is 40.0 Å². The zero-order valence-corrected chi connectivity index (χ0v) is 20.6. The van der Waals surface area contributed by atoms with Gasteiger partial charge in [-0.05, 0) is 50.6 Å². The summed E-state index contributed by atoms with van der Waals surface area (Å²) in [6, 6.07) is 22.5. The van der Waals surface area contributed by atoms with Crippen LogP contribution in [0.5, 0.6) is 0 Å². The van der Waals surface area contributed by atoms with E-state index in [1.54, 1.807) is 24.3 Å². The largest absolute Gasteiger partial charge is 0.411 e. The lowest BCUT2D eigenvalue weighted by Gasteiger charge is -2.16. The first-order valence-corrected chi connectivity index (χ1v) is 12.2. The minimum atomic E-state index is -0.280. The minimum Gasteiger partial charge on any atom is -0.411 e. The quantitative estimate of drug-likeness (QED) is 0.316. The minimum absolute atomic E-state index is 0.0604. The second-order valence-corrected chi connectivity index (χ2v) is 9.16. The van der Waals surface area contributed by atoms with E-state index in [0.717, 1.165) is 34.0 Å². The Morgan fingerprint density at radius 3 is 2.37 bits per heavy atom. The average molecular weight is 487 g/mol. The molecule has 1 aromatic heterocycles. The summed E-state index contributed by atoms with van der Waals surface area (Å²) in [5, 5.41) is 14.2. The second kappa shape index (κ2) is 11.0. The molecule has 2 amide bonds. The van der Waals surface area contributed by atoms with Crippen molar-refractivity contribution in [3.05, 3.63) is 95.1 Å². The molecular formula is C27H26N4O3S. The number of amides is 2. The molecule has 178 valence electrons. The van der Waals surface area contributed by atoms with Crippen molar-refractivity contribution in [3.8, 4) is 11.5 Å². The van der Waals surface area contributed by atoms with Crippen molar-refractivity contribution in [2.45, 2.75) is 32.0 Å². The van der Waals surface area contributed by atoms with Crippen molar-refractivity contribution in [2.75, 3.05) is 11.1 Å². The number of nitrogens with one attached hydrogen (secondary N) is 2. The average Bonchev–Trinajstić information content (AvgIpc) is 3.32. The number of aryl methyl sites for hydroxylation is 2. The lowest BCUT2D eigenvalue weighted by atomic mass is 10.1. The van der Waals surface area contributed by atoms with E-state index in [1.807, 2.05) is 63.2 Å². The molecule has 0 fully saturated rings. The Morgan fingerprint density at radius 1 is 0.943 bits per heavy atom. The maximum absolute atomic E-state index is 12.9. The van der Waals surface area contributed by atoms with E-state index in [0.29, 0.717) is 22.4 Å². The van der Waals surface area contributed by atoms with E-state index >= 15 is 0 Å². The molecule has 3 aromatic carbocycles. The Hall–Kier alpha value is -3.91. The lowest BCUT2D eigenvalue weighted by Crippen LogP contribution is -2.28. The van der Waals surface area contributed by atoms with Crippen molar-refractivity contribution < 1.29 is 14.0 Å². The maximum atomic E-state index is 12.9. The first-order valence-electron chi connectivity index (χ1n) is 11.2. The fraction of sp³-hybridized carbons (Fsp3) is 0.185. The molecule has 0 aliphatic rings. The number of hydrogen-bond acceptors (Lipinski definition) is 6. The zero-order valence-electron chi connectivity index (χ0n) is 19.7. The molecule has 0 bridgehead atoms. The van der Waals surface area contributed by atoms with Crippen LogP contribution in [0.4, 0.5) is 5.69 Å². The predicted octanol–water partition coefficient (Wildman–Crippen LogP) is 5.58. The smallest absolute Gasteiger partial charge is 0.277 e. The fourth-order valence-corrected chi connectivity index (χ4v) is 4.25. The molecule has 7 nitrogen and oxygen atoms in total. The van der Waals surface area contributed by atoms with E-state index < -0.39 is 0 Å². The van der Waals surface area contributed by atoms with Gasteiger partial charge in [0.2, 0.25) is 11.8 Å². The molecule has 0 spiro atoms. The van der Waals surface area contributed by atoms with Gasteiger partial charge in [-0.2, -0.15) is 0 Å². The molecule has 0 saturated carbocycles. The molecule has 0 aliphatic carbocycles. The maximum Gasteiger partial charge on any atom is 0.277 e. The van der Waals surface area contributed by atoms with Crippen LogP contribution >= 0.6 is 11.8 Å². The molecule has 0 aliphatic heterocycles. The van der Waals surface area contributed by atoms with Gasteiger partial charge >= 0.3 is 0 Å². The summed E-state index contributed by atoms with van der Waals surface area (Å²) >= 11 is 1.14.